The highest BCUT2D eigenvalue weighted by atomic mass is 32.3. The van der Waals surface area contributed by atoms with Crippen LogP contribution in [0, 0.1) is 0 Å². The van der Waals surface area contributed by atoms with Crippen LogP contribution >= 0.6 is 0 Å². The molecule has 2 aromatic carbocycles. The first-order chi connectivity index (χ1) is 16.5. The molecule has 0 fully saturated rings. The minimum atomic E-state index is -4.44. The van der Waals surface area contributed by atoms with Gasteiger partial charge in [0.15, 0.2) is 0 Å². The van der Waals surface area contributed by atoms with Crippen molar-refractivity contribution in [1.29, 1.82) is 0 Å². The van der Waals surface area contributed by atoms with Gasteiger partial charge < -0.3 is 28.4 Å². The molecule has 0 heterocycles. The van der Waals surface area contributed by atoms with E-state index in [1.807, 2.05) is 0 Å². The van der Waals surface area contributed by atoms with E-state index in [-0.39, 0.29) is 34.1 Å². The first kappa shape index (κ1) is 27.8. The molecule has 0 aliphatic carbocycles. The minimum absolute atomic E-state index is 0.258. The topological polar surface area (TPSA) is 136 Å². The third-order valence-corrected chi connectivity index (χ3v) is 7.41. The third-order valence-electron chi connectivity index (χ3n) is 4.57. The molecule has 0 radical (unpaired) electrons. The molecular weight excluding hydrogens is 502 g/mol. The second kappa shape index (κ2) is 11.8. The Bertz CT molecular complexity index is 1160. The average Bonchev–Trinajstić information content (AvgIpc) is 2.84. The van der Waals surface area contributed by atoms with Gasteiger partial charge >= 0.3 is 0 Å². The molecule has 0 aromatic heterocycles. The van der Waals surface area contributed by atoms with Crippen molar-refractivity contribution in [3.63, 3.8) is 0 Å². The van der Waals surface area contributed by atoms with E-state index in [9.17, 15) is 16.8 Å². The smallest absolute Gasteiger partial charge is 0.246 e. The van der Waals surface area contributed by atoms with Crippen LogP contribution in [0.25, 0.3) is 12.2 Å². The maximum atomic E-state index is 12.5. The largest absolute Gasteiger partial charge is 0.496 e. The van der Waals surface area contributed by atoms with Crippen molar-refractivity contribution >= 4 is 32.2 Å². The molecule has 0 unspecified atom stereocenters. The SMILES string of the molecule is COc1cc(OC)c(/C=C/S(=O)(=O)NS(=O)(=O)/C=C/c2c(OC)cc(OC)cc2OC)c(OC)c1. The zero-order valence-electron chi connectivity index (χ0n) is 20.0. The number of benzene rings is 2. The Hall–Kier alpha value is -3.42. The normalized spacial score (nSPS) is 12.1. The molecule has 35 heavy (non-hydrogen) atoms. The van der Waals surface area contributed by atoms with Crippen molar-refractivity contribution in [3.05, 3.63) is 46.2 Å². The maximum Gasteiger partial charge on any atom is 0.246 e. The Balaban J connectivity index is 2.36. The zero-order chi connectivity index (χ0) is 26.2. The highest BCUT2D eigenvalue weighted by Crippen LogP contribution is 2.36. The first-order valence-corrected chi connectivity index (χ1v) is 12.9. The van der Waals surface area contributed by atoms with E-state index in [0.29, 0.717) is 22.3 Å². The van der Waals surface area contributed by atoms with Gasteiger partial charge in [-0.1, -0.05) is 0 Å². The second-order valence-electron chi connectivity index (χ2n) is 6.67. The van der Waals surface area contributed by atoms with Crippen molar-refractivity contribution in [2.75, 3.05) is 42.7 Å². The molecule has 0 saturated heterocycles. The van der Waals surface area contributed by atoms with Crippen molar-refractivity contribution < 1.29 is 45.3 Å². The number of nitrogens with one attached hydrogen (secondary N) is 1. The number of sulfonamides is 2. The summed E-state index contributed by atoms with van der Waals surface area (Å²) in [5.41, 5.74) is 0.531. The Labute approximate surface area is 205 Å². The molecule has 11 nitrogen and oxygen atoms in total. The van der Waals surface area contributed by atoms with Crippen LogP contribution in [0.5, 0.6) is 34.5 Å². The quantitative estimate of drug-likeness (QED) is 0.437. The van der Waals surface area contributed by atoms with Crippen molar-refractivity contribution in [1.82, 2.24) is 4.13 Å². The van der Waals surface area contributed by atoms with E-state index in [1.165, 1.54) is 66.9 Å². The predicted molar refractivity (Wildman–Crippen MR) is 131 cm³/mol. The second-order valence-corrected chi connectivity index (χ2v) is 10.1. The fraction of sp³-hybridized carbons (Fsp3) is 0.273. The fourth-order valence-corrected chi connectivity index (χ4v) is 5.30. The van der Waals surface area contributed by atoms with Gasteiger partial charge in [0.1, 0.15) is 34.5 Å². The van der Waals surface area contributed by atoms with Gasteiger partial charge in [-0.25, -0.2) is 16.8 Å². The summed E-state index contributed by atoms with van der Waals surface area (Å²) in [4.78, 5) is 0. The Morgan fingerprint density at radius 3 is 1.06 bits per heavy atom. The fourth-order valence-electron chi connectivity index (χ4n) is 2.93. The summed E-state index contributed by atoms with van der Waals surface area (Å²) in [6.45, 7) is 0. The van der Waals surface area contributed by atoms with Crippen LogP contribution in [-0.4, -0.2) is 59.5 Å². The van der Waals surface area contributed by atoms with Crippen LogP contribution in [-0.2, 0) is 20.0 Å². The molecule has 192 valence electrons. The Morgan fingerprint density at radius 2 is 0.829 bits per heavy atom. The molecule has 0 atom stereocenters. The number of rotatable bonds is 12. The molecule has 13 heteroatoms. The molecule has 0 aliphatic rings. The van der Waals surface area contributed by atoms with Crippen molar-refractivity contribution in [2.45, 2.75) is 0 Å². The van der Waals surface area contributed by atoms with E-state index in [0.717, 1.165) is 12.2 Å². The molecular formula is C22H27NO10S2. The van der Waals surface area contributed by atoms with Crippen LogP contribution in [0.4, 0.5) is 0 Å². The summed E-state index contributed by atoms with van der Waals surface area (Å²) in [6.07, 6.45) is 2.29. The molecule has 0 amide bonds. The van der Waals surface area contributed by atoms with E-state index in [4.69, 9.17) is 28.4 Å². The highest BCUT2D eigenvalue weighted by Gasteiger charge is 2.19. The standard InChI is InChI=1S/C22H27NO10S2/c1-28-15-11-19(30-3)17(20(12-15)31-4)7-9-34(24,25)23-35(26,27)10-8-18-21(32-5)13-16(29-2)14-22(18)33-6/h7-14,23H,1-6H3/b9-7+,10-8+. The van der Waals surface area contributed by atoms with Gasteiger partial charge in [0.2, 0.25) is 20.0 Å². The van der Waals surface area contributed by atoms with Crippen molar-refractivity contribution in [3.8, 4) is 34.5 Å². The minimum Gasteiger partial charge on any atom is -0.496 e. The zero-order valence-corrected chi connectivity index (χ0v) is 21.7. The van der Waals surface area contributed by atoms with Gasteiger partial charge in [0, 0.05) is 35.1 Å². The monoisotopic (exact) mass is 529 g/mol. The van der Waals surface area contributed by atoms with Crippen molar-refractivity contribution in [2.24, 2.45) is 0 Å². The third kappa shape index (κ3) is 7.28. The molecule has 0 aliphatic heterocycles. The first-order valence-electron chi connectivity index (χ1n) is 9.77. The Kier molecular flexibility index (Phi) is 9.40. The molecule has 2 aromatic rings. The lowest BCUT2D eigenvalue weighted by Crippen LogP contribution is -2.27. The Morgan fingerprint density at radius 1 is 0.543 bits per heavy atom. The van der Waals surface area contributed by atoms with Gasteiger partial charge in [0.05, 0.1) is 53.8 Å². The van der Waals surface area contributed by atoms with Gasteiger partial charge in [-0.3, -0.25) is 0 Å². The summed E-state index contributed by atoms with van der Waals surface area (Å²) >= 11 is 0. The number of ether oxygens (including phenoxy) is 6. The number of hydrogen-bond donors (Lipinski definition) is 1. The number of methoxy groups -OCH3 is 6. The maximum absolute atomic E-state index is 12.5. The van der Waals surface area contributed by atoms with Crippen LogP contribution in [0.3, 0.4) is 0 Å². The molecule has 2 rings (SSSR count). The summed E-state index contributed by atoms with van der Waals surface area (Å²) in [7, 11) is -0.448. The lowest BCUT2D eigenvalue weighted by atomic mass is 10.1. The van der Waals surface area contributed by atoms with Crippen LogP contribution in [0.2, 0.25) is 0 Å². The predicted octanol–water partition coefficient (Wildman–Crippen LogP) is 2.63. The summed E-state index contributed by atoms with van der Waals surface area (Å²) in [5, 5.41) is 1.36. The lowest BCUT2D eigenvalue weighted by Gasteiger charge is -2.13. The molecule has 1 N–H and O–H groups in total. The van der Waals surface area contributed by atoms with E-state index < -0.39 is 20.0 Å². The van der Waals surface area contributed by atoms with Gasteiger partial charge in [-0.05, 0) is 12.2 Å². The van der Waals surface area contributed by atoms with Gasteiger partial charge in [0.25, 0.3) is 0 Å². The van der Waals surface area contributed by atoms with Gasteiger partial charge in [-0.15, -0.1) is 4.13 Å². The molecule has 0 spiro atoms. The number of hydrogen-bond acceptors (Lipinski definition) is 10. The van der Waals surface area contributed by atoms with Gasteiger partial charge in [-0.2, -0.15) is 0 Å². The van der Waals surface area contributed by atoms with Crippen LogP contribution in [0.1, 0.15) is 11.1 Å². The average molecular weight is 530 g/mol. The summed E-state index contributed by atoms with van der Waals surface area (Å²) in [5.74, 6) is 1.88. The van der Waals surface area contributed by atoms with Crippen LogP contribution < -0.4 is 32.5 Å². The highest BCUT2D eigenvalue weighted by molar-refractivity contribution is 8.07. The van der Waals surface area contributed by atoms with E-state index in [2.05, 4.69) is 0 Å². The summed E-state index contributed by atoms with van der Waals surface area (Å²) in [6, 6.07) is 6.10. The molecule has 0 saturated carbocycles. The summed E-state index contributed by atoms with van der Waals surface area (Å²) < 4.78 is 82.9. The molecule has 0 bridgehead atoms. The van der Waals surface area contributed by atoms with E-state index >= 15 is 0 Å². The van der Waals surface area contributed by atoms with Crippen LogP contribution in [0.15, 0.2) is 35.1 Å². The lowest BCUT2D eigenvalue weighted by molar-refractivity contribution is 0.374. The van der Waals surface area contributed by atoms with E-state index in [1.54, 1.807) is 4.13 Å².